The molecule has 0 unspecified atom stereocenters. The first-order chi connectivity index (χ1) is 5.79. The van der Waals surface area contributed by atoms with Gasteiger partial charge in [-0.05, 0) is 40.0 Å². The molecular weight excluding hydrogens is 234 g/mol. The molecule has 1 aromatic heterocycles. The normalized spacial score (nSPS) is 10.8. The summed E-state index contributed by atoms with van der Waals surface area (Å²) in [5.74, 6) is 0. The summed E-state index contributed by atoms with van der Waals surface area (Å²) in [5.41, 5.74) is 2.46. The van der Waals surface area contributed by atoms with Crippen LogP contribution in [0.5, 0.6) is 0 Å². The number of hydrogen-bond acceptors (Lipinski definition) is 2. The first-order valence-corrected chi connectivity index (χ1v) is 5.45. The lowest BCUT2D eigenvalue weighted by atomic mass is 10.2. The van der Waals surface area contributed by atoms with Crippen molar-refractivity contribution < 1.29 is 0 Å². The van der Waals surface area contributed by atoms with Crippen molar-refractivity contribution >= 4 is 37.5 Å². The average molecular weight is 242 g/mol. The summed E-state index contributed by atoms with van der Waals surface area (Å²) < 4.78 is 2.23. The zero-order valence-corrected chi connectivity index (χ0v) is 9.08. The van der Waals surface area contributed by atoms with Gasteiger partial charge in [0.15, 0.2) is 3.92 Å². The van der Waals surface area contributed by atoms with Gasteiger partial charge in [0.1, 0.15) is 0 Å². The number of benzene rings is 1. The summed E-state index contributed by atoms with van der Waals surface area (Å²) in [5, 5.41) is 0. The smallest absolute Gasteiger partial charge is 0.160 e. The van der Waals surface area contributed by atoms with E-state index in [1.54, 1.807) is 11.3 Å². The molecule has 2 aromatic rings. The minimum atomic E-state index is 0.964. The van der Waals surface area contributed by atoms with E-state index in [4.69, 9.17) is 0 Å². The zero-order valence-electron chi connectivity index (χ0n) is 6.67. The van der Waals surface area contributed by atoms with Gasteiger partial charge in [0, 0.05) is 0 Å². The van der Waals surface area contributed by atoms with Crippen LogP contribution in [-0.4, -0.2) is 4.98 Å². The number of thiazole rings is 1. The molecule has 0 aliphatic rings. The van der Waals surface area contributed by atoms with Gasteiger partial charge < -0.3 is 0 Å². The van der Waals surface area contributed by atoms with Crippen LogP contribution in [0.25, 0.3) is 10.2 Å². The Morgan fingerprint density at radius 2 is 2.33 bits per heavy atom. The van der Waals surface area contributed by atoms with Crippen LogP contribution in [-0.2, 0) is 6.42 Å². The van der Waals surface area contributed by atoms with Crippen LogP contribution >= 0.6 is 27.3 Å². The Balaban J connectivity index is 2.66. The monoisotopic (exact) mass is 241 g/mol. The Morgan fingerprint density at radius 3 is 3.08 bits per heavy atom. The molecule has 0 bridgehead atoms. The number of hydrogen-bond donors (Lipinski definition) is 0. The van der Waals surface area contributed by atoms with Crippen LogP contribution in [0, 0.1) is 0 Å². The second-order valence-electron chi connectivity index (χ2n) is 2.62. The molecule has 0 N–H and O–H groups in total. The van der Waals surface area contributed by atoms with Crippen molar-refractivity contribution in [2.45, 2.75) is 13.3 Å². The molecular formula is C9H8BrNS. The topological polar surface area (TPSA) is 12.9 Å². The number of aryl methyl sites for hydroxylation is 1. The van der Waals surface area contributed by atoms with Crippen molar-refractivity contribution in [3.63, 3.8) is 0 Å². The van der Waals surface area contributed by atoms with E-state index in [0.29, 0.717) is 0 Å². The molecule has 0 radical (unpaired) electrons. The fraction of sp³-hybridized carbons (Fsp3) is 0.222. The van der Waals surface area contributed by atoms with E-state index in [-0.39, 0.29) is 0 Å². The molecule has 1 heterocycles. The third kappa shape index (κ3) is 1.39. The predicted octanol–water partition coefficient (Wildman–Crippen LogP) is 3.62. The lowest BCUT2D eigenvalue weighted by molar-refractivity contribution is 1.15. The number of rotatable bonds is 1. The van der Waals surface area contributed by atoms with Gasteiger partial charge in [-0.15, -0.1) is 11.3 Å². The quantitative estimate of drug-likeness (QED) is 0.744. The zero-order chi connectivity index (χ0) is 8.55. The largest absolute Gasteiger partial charge is 0.229 e. The van der Waals surface area contributed by atoms with Gasteiger partial charge in [0.25, 0.3) is 0 Å². The van der Waals surface area contributed by atoms with Gasteiger partial charge in [-0.1, -0.05) is 13.0 Å². The highest BCUT2D eigenvalue weighted by Crippen LogP contribution is 2.26. The summed E-state index contributed by atoms with van der Waals surface area (Å²) in [6.45, 7) is 2.16. The van der Waals surface area contributed by atoms with Crippen molar-refractivity contribution in [2.75, 3.05) is 0 Å². The lowest BCUT2D eigenvalue weighted by Gasteiger charge is -1.93. The molecule has 0 fully saturated rings. The Morgan fingerprint density at radius 1 is 1.50 bits per heavy atom. The Labute approximate surface area is 83.6 Å². The van der Waals surface area contributed by atoms with Gasteiger partial charge in [-0.3, -0.25) is 0 Å². The molecule has 0 aliphatic carbocycles. The standard InChI is InChI=1S/C9H8BrNS/c1-2-6-3-4-7-8(5-6)12-9(10)11-7/h3-5H,2H2,1H3. The molecule has 1 nitrogen and oxygen atoms in total. The van der Waals surface area contributed by atoms with Crippen LogP contribution in [0.3, 0.4) is 0 Å². The lowest BCUT2D eigenvalue weighted by Crippen LogP contribution is -1.77. The molecule has 0 saturated heterocycles. The molecule has 0 spiro atoms. The molecule has 12 heavy (non-hydrogen) atoms. The van der Waals surface area contributed by atoms with E-state index in [1.807, 2.05) is 0 Å². The number of halogens is 1. The maximum Gasteiger partial charge on any atom is 0.160 e. The summed E-state index contributed by atoms with van der Waals surface area (Å²) in [6, 6.07) is 6.42. The molecule has 0 saturated carbocycles. The highest BCUT2D eigenvalue weighted by atomic mass is 79.9. The minimum absolute atomic E-state index is 0.964. The van der Waals surface area contributed by atoms with E-state index in [2.05, 4.69) is 46.0 Å². The molecule has 0 aliphatic heterocycles. The van der Waals surface area contributed by atoms with Crippen LogP contribution in [0.4, 0.5) is 0 Å². The summed E-state index contributed by atoms with van der Waals surface area (Å²) in [6.07, 6.45) is 1.09. The first kappa shape index (κ1) is 8.20. The van der Waals surface area contributed by atoms with Crippen LogP contribution in [0.2, 0.25) is 0 Å². The maximum absolute atomic E-state index is 4.32. The van der Waals surface area contributed by atoms with Gasteiger partial charge >= 0.3 is 0 Å². The highest BCUT2D eigenvalue weighted by Gasteiger charge is 2.00. The fourth-order valence-corrected chi connectivity index (χ4v) is 2.63. The predicted molar refractivity (Wildman–Crippen MR) is 56.7 cm³/mol. The second kappa shape index (κ2) is 3.15. The third-order valence-electron chi connectivity index (χ3n) is 1.83. The number of fused-ring (bicyclic) bond motifs is 1. The fourth-order valence-electron chi connectivity index (χ4n) is 1.16. The minimum Gasteiger partial charge on any atom is -0.229 e. The molecule has 1 aromatic carbocycles. The number of aromatic nitrogens is 1. The van der Waals surface area contributed by atoms with Crippen LogP contribution in [0.15, 0.2) is 22.1 Å². The average Bonchev–Trinajstić information content (AvgIpc) is 2.43. The molecule has 62 valence electrons. The van der Waals surface area contributed by atoms with Crippen molar-refractivity contribution in [1.82, 2.24) is 4.98 Å². The second-order valence-corrected chi connectivity index (χ2v) is 4.93. The third-order valence-corrected chi connectivity index (χ3v) is 3.30. The molecule has 2 rings (SSSR count). The Kier molecular flexibility index (Phi) is 2.15. The van der Waals surface area contributed by atoms with Crippen molar-refractivity contribution in [3.05, 3.63) is 27.7 Å². The molecule has 0 atom stereocenters. The number of nitrogens with zero attached hydrogens (tertiary/aromatic N) is 1. The van der Waals surface area contributed by atoms with Crippen molar-refractivity contribution in [2.24, 2.45) is 0 Å². The summed E-state index contributed by atoms with van der Waals surface area (Å²) >= 11 is 5.07. The van der Waals surface area contributed by atoms with Gasteiger partial charge in [-0.2, -0.15) is 0 Å². The summed E-state index contributed by atoms with van der Waals surface area (Å²) in [4.78, 5) is 4.32. The SMILES string of the molecule is CCc1ccc2nc(Br)sc2c1. The van der Waals surface area contributed by atoms with E-state index in [1.165, 1.54) is 10.3 Å². The van der Waals surface area contributed by atoms with E-state index >= 15 is 0 Å². The Hall–Kier alpha value is -0.410. The molecule has 3 heteroatoms. The van der Waals surface area contributed by atoms with Gasteiger partial charge in [-0.25, -0.2) is 4.98 Å². The van der Waals surface area contributed by atoms with E-state index < -0.39 is 0 Å². The van der Waals surface area contributed by atoms with Crippen molar-refractivity contribution in [1.29, 1.82) is 0 Å². The first-order valence-electron chi connectivity index (χ1n) is 3.84. The molecule has 0 amide bonds. The van der Waals surface area contributed by atoms with Gasteiger partial charge in [0.2, 0.25) is 0 Å². The van der Waals surface area contributed by atoms with E-state index in [0.717, 1.165) is 15.9 Å². The van der Waals surface area contributed by atoms with E-state index in [9.17, 15) is 0 Å². The van der Waals surface area contributed by atoms with Crippen LogP contribution in [0.1, 0.15) is 12.5 Å². The van der Waals surface area contributed by atoms with Crippen molar-refractivity contribution in [3.8, 4) is 0 Å². The summed E-state index contributed by atoms with van der Waals surface area (Å²) in [7, 11) is 0. The van der Waals surface area contributed by atoms with Crippen LogP contribution < -0.4 is 0 Å². The van der Waals surface area contributed by atoms with Gasteiger partial charge in [0.05, 0.1) is 10.2 Å². The highest BCUT2D eigenvalue weighted by molar-refractivity contribution is 9.11. The Bertz CT molecular complexity index is 408. The maximum atomic E-state index is 4.32.